The van der Waals surface area contributed by atoms with Gasteiger partial charge in [-0.1, -0.05) is 67.2 Å². The lowest BCUT2D eigenvalue weighted by Gasteiger charge is -2.12. The van der Waals surface area contributed by atoms with Gasteiger partial charge in [-0.25, -0.2) is 0 Å². The van der Waals surface area contributed by atoms with Crippen LogP contribution in [-0.4, -0.2) is 21.4 Å². The molecule has 5 nitrogen and oxygen atoms in total. The molecule has 1 amide bonds. The van der Waals surface area contributed by atoms with Crippen LogP contribution in [0.5, 0.6) is 0 Å². The zero-order valence-corrected chi connectivity index (χ0v) is 14.7. The second-order valence-corrected chi connectivity index (χ2v) is 6.61. The van der Waals surface area contributed by atoms with E-state index in [1.54, 1.807) is 0 Å². The van der Waals surface area contributed by atoms with E-state index in [1.165, 1.54) is 11.8 Å². The SMILES string of the molecule is CC[C@H](Sc1nnc(-c2ccccc2)o1)C(=O)NCc1ccccc1. The lowest BCUT2D eigenvalue weighted by Crippen LogP contribution is -2.31. The van der Waals surface area contributed by atoms with Crippen LogP contribution in [0.15, 0.2) is 70.3 Å². The molecule has 0 aliphatic heterocycles. The third kappa shape index (κ3) is 4.70. The zero-order chi connectivity index (χ0) is 17.5. The van der Waals surface area contributed by atoms with E-state index in [1.807, 2.05) is 67.6 Å². The Balaban J connectivity index is 1.60. The molecule has 0 bridgehead atoms. The predicted molar refractivity (Wildman–Crippen MR) is 98.0 cm³/mol. The molecule has 0 unspecified atom stereocenters. The van der Waals surface area contributed by atoms with Crippen molar-refractivity contribution in [2.45, 2.75) is 30.4 Å². The monoisotopic (exact) mass is 353 g/mol. The first-order chi connectivity index (χ1) is 12.3. The maximum atomic E-state index is 12.4. The molecule has 1 atom stereocenters. The molecule has 1 heterocycles. The molecule has 25 heavy (non-hydrogen) atoms. The average Bonchev–Trinajstić information content (AvgIpc) is 3.14. The number of thioether (sulfide) groups is 1. The Morgan fingerprint density at radius 1 is 1.08 bits per heavy atom. The highest BCUT2D eigenvalue weighted by Crippen LogP contribution is 2.27. The number of benzene rings is 2. The maximum Gasteiger partial charge on any atom is 0.277 e. The fourth-order valence-electron chi connectivity index (χ4n) is 2.30. The van der Waals surface area contributed by atoms with Crippen LogP contribution < -0.4 is 5.32 Å². The number of amides is 1. The molecule has 6 heteroatoms. The van der Waals surface area contributed by atoms with Gasteiger partial charge in [-0.15, -0.1) is 10.2 Å². The van der Waals surface area contributed by atoms with Crippen LogP contribution in [0.3, 0.4) is 0 Å². The smallest absolute Gasteiger partial charge is 0.277 e. The molecule has 3 aromatic rings. The van der Waals surface area contributed by atoms with Gasteiger partial charge < -0.3 is 9.73 Å². The first-order valence-corrected chi connectivity index (χ1v) is 9.01. The van der Waals surface area contributed by atoms with Crippen molar-refractivity contribution in [1.29, 1.82) is 0 Å². The Hall–Kier alpha value is -2.60. The maximum absolute atomic E-state index is 12.4. The van der Waals surface area contributed by atoms with Crippen LogP contribution in [-0.2, 0) is 11.3 Å². The molecular formula is C19H19N3O2S. The molecule has 0 saturated heterocycles. The summed E-state index contributed by atoms with van der Waals surface area (Å²) < 4.78 is 5.68. The summed E-state index contributed by atoms with van der Waals surface area (Å²) in [5, 5.41) is 11.2. The normalized spacial score (nSPS) is 11.9. The van der Waals surface area contributed by atoms with Crippen molar-refractivity contribution >= 4 is 17.7 Å². The molecular weight excluding hydrogens is 334 g/mol. The Morgan fingerprint density at radius 2 is 1.76 bits per heavy atom. The molecule has 1 aromatic heterocycles. The molecule has 1 N–H and O–H groups in total. The quantitative estimate of drug-likeness (QED) is 0.652. The minimum absolute atomic E-state index is 0.0317. The molecule has 0 radical (unpaired) electrons. The fraction of sp³-hybridized carbons (Fsp3) is 0.211. The number of hydrogen-bond acceptors (Lipinski definition) is 5. The Kier molecular flexibility index (Phi) is 5.85. The summed E-state index contributed by atoms with van der Waals surface area (Å²) in [5.41, 5.74) is 1.93. The van der Waals surface area contributed by atoms with E-state index in [0.29, 0.717) is 24.1 Å². The standard InChI is InChI=1S/C19H19N3O2S/c1-2-16(17(23)20-13-14-9-5-3-6-10-14)25-19-22-21-18(24-19)15-11-7-4-8-12-15/h3-12,16H,2,13H2,1H3,(H,20,23)/t16-/m0/s1. The van der Waals surface area contributed by atoms with Crippen molar-refractivity contribution in [3.8, 4) is 11.5 Å². The van der Waals surface area contributed by atoms with Crippen LogP contribution in [0.1, 0.15) is 18.9 Å². The first-order valence-electron chi connectivity index (χ1n) is 8.13. The summed E-state index contributed by atoms with van der Waals surface area (Å²) >= 11 is 1.30. The number of nitrogens with zero attached hydrogens (tertiary/aromatic N) is 2. The van der Waals surface area contributed by atoms with Gasteiger partial charge in [0.25, 0.3) is 5.22 Å². The zero-order valence-electron chi connectivity index (χ0n) is 13.9. The van der Waals surface area contributed by atoms with Gasteiger partial charge in [0.15, 0.2) is 0 Å². The van der Waals surface area contributed by atoms with Crippen molar-refractivity contribution in [3.05, 3.63) is 66.2 Å². The molecule has 128 valence electrons. The van der Waals surface area contributed by atoms with E-state index in [2.05, 4.69) is 15.5 Å². The number of rotatable bonds is 7. The van der Waals surface area contributed by atoms with Gasteiger partial charge in [-0.3, -0.25) is 4.79 Å². The van der Waals surface area contributed by atoms with Crippen LogP contribution in [0.4, 0.5) is 0 Å². The second kappa shape index (κ2) is 8.48. The molecule has 0 aliphatic carbocycles. The molecule has 0 fully saturated rings. The van der Waals surface area contributed by atoms with Crippen molar-refractivity contribution in [2.24, 2.45) is 0 Å². The summed E-state index contributed by atoms with van der Waals surface area (Å²) in [5.74, 6) is 0.429. The van der Waals surface area contributed by atoms with Gasteiger partial charge in [-0.05, 0) is 24.1 Å². The highest BCUT2D eigenvalue weighted by atomic mass is 32.2. The molecule has 3 rings (SSSR count). The highest BCUT2D eigenvalue weighted by molar-refractivity contribution is 8.00. The van der Waals surface area contributed by atoms with Crippen LogP contribution in [0.25, 0.3) is 11.5 Å². The van der Waals surface area contributed by atoms with Gasteiger partial charge >= 0.3 is 0 Å². The van der Waals surface area contributed by atoms with Gasteiger partial charge in [0.05, 0.1) is 5.25 Å². The minimum Gasteiger partial charge on any atom is -0.411 e. The Labute approximate surface area is 150 Å². The lowest BCUT2D eigenvalue weighted by molar-refractivity contribution is -0.120. The minimum atomic E-state index is -0.271. The fourth-order valence-corrected chi connectivity index (χ4v) is 3.11. The number of carbonyl (C=O) groups is 1. The van der Waals surface area contributed by atoms with Crippen molar-refractivity contribution in [2.75, 3.05) is 0 Å². The molecule has 2 aromatic carbocycles. The lowest BCUT2D eigenvalue weighted by atomic mass is 10.2. The number of nitrogens with one attached hydrogen (secondary N) is 1. The third-order valence-corrected chi connectivity index (χ3v) is 4.84. The number of aromatic nitrogens is 2. The van der Waals surface area contributed by atoms with Gasteiger partial charge in [0.1, 0.15) is 0 Å². The van der Waals surface area contributed by atoms with E-state index >= 15 is 0 Å². The summed E-state index contributed by atoms with van der Waals surface area (Å²) in [6, 6.07) is 19.4. The Morgan fingerprint density at radius 3 is 2.44 bits per heavy atom. The van der Waals surface area contributed by atoms with Gasteiger partial charge in [-0.2, -0.15) is 0 Å². The van der Waals surface area contributed by atoms with Crippen molar-refractivity contribution in [3.63, 3.8) is 0 Å². The van der Waals surface area contributed by atoms with E-state index in [-0.39, 0.29) is 11.2 Å². The third-order valence-electron chi connectivity index (χ3n) is 3.64. The largest absolute Gasteiger partial charge is 0.411 e. The van der Waals surface area contributed by atoms with Gasteiger partial charge in [0, 0.05) is 12.1 Å². The Bertz CT molecular complexity index is 806. The number of hydrogen-bond donors (Lipinski definition) is 1. The van der Waals surface area contributed by atoms with Crippen LogP contribution in [0.2, 0.25) is 0 Å². The summed E-state index contributed by atoms with van der Waals surface area (Å²) in [4.78, 5) is 12.4. The van der Waals surface area contributed by atoms with Gasteiger partial charge in [0.2, 0.25) is 11.8 Å². The van der Waals surface area contributed by atoms with Crippen molar-refractivity contribution < 1.29 is 9.21 Å². The predicted octanol–water partition coefficient (Wildman–Crippen LogP) is 3.92. The molecule has 0 saturated carbocycles. The van der Waals surface area contributed by atoms with E-state index in [0.717, 1.165) is 11.1 Å². The molecule has 0 spiro atoms. The molecule has 0 aliphatic rings. The average molecular weight is 353 g/mol. The topological polar surface area (TPSA) is 68.0 Å². The van der Waals surface area contributed by atoms with E-state index in [9.17, 15) is 4.79 Å². The summed E-state index contributed by atoms with van der Waals surface area (Å²) in [6.45, 7) is 2.48. The first kappa shape index (κ1) is 17.2. The van der Waals surface area contributed by atoms with Crippen LogP contribution >= 0.6 is 11.8 Å². The summed E-state index contributed by atoms with van der Waals surface area (Å²) in [7, 11) is 0. The highest BCUT2D eigenvalue weighted by Gasteiger charge is 2.21. The van der Waals surface area contributed by atoms with E-state index < -0.39 is 0 Å². The van der Waals surface area contributed by atoms with Crippen molar-refractivity contribution in [1.82, 2.24) is 15.5 Å². The second-order valence-electron chi connectivity index (χ2n) is 5.46. The summed E-state index contributed by atoms with van der Waals surface area (Å²) in [6.07, 6.45) is 0.675. The van der Waals surface area contributed by atoms with E-state index in [4.69, 9.17) is 4.42 Å². The van der Waals surface area contributed by atoms with Crippen LogP contribution in [0, 0.1) is 0 Å². The number of carbonyl (C=O) groups excluding carboxylic acids is 1.